The molecule has 11 heteroatoms. The van der Waals surface area contributed by atoms with Gasteiger partial charge in [0, 0.05) is 30.8 Å². The first-order valence-electron chi connectivity index (χ1n) is 16.7. The minimum atomic E-state index is -2.89. The van der Waals surface area contributed by atoms with Gasteiger partial charge in [-0.25, -0.2) is 9.46 Å². The van der Waals surface area contributed by atoms with Crippen molar-refractivity contribution in [3.63, 3.8) is 0 Å². The van der Waals surface area contributed by atoms with E-state index in [0.29, 0.717) is 18.5 Å². The molecule has 0 aliphatic carbocycles. The summed E-state index contributed by atoms with van der Waals surface area (Å²) < 4.78 is 31.3. The molecule has 2 fully saturated rings. The molecule has 0 saturated carbocycles. The molecule has 2 saturated heterocycles. The molecule has 5 atom stereocenters. The molecular weight excluding hydrogens is 641 g/mol. The monoisotopic (exact) mass is 687 g/mol. The molecule has 9 nitrogen and oxygen atoms in total. The Labute approximate surface area is 284 Å². The summed E-state index contributed by atoms with van der Waals surface area (Å²) >= 11 is 0. The molecule has 0 radical (unpaired) electrons. The normalized spacial score (nSPS) is 23.6. The Morgan fingerprint density at radius 3 is 2.08 bits per heavy atom. The number of nitrogens with zero attached hydrogens (tertiary/aromatic N) is 2. The summed E-state index contributed by atoms with van der Waals surface area (Å²) in [5.74, 6) is 0. The van der Waals surface area contributed by atoms with Crippen LogP contribution in [0, 0.1) is 6.92 Å². The first kappa shape index (κ1) is 34.6. The number of ether oxygens (including phenoxy) is 1. The van der Waals surface area contributed by atoms with Gasteiger partial charge in [-0.2, -0.15) is 0 Å². The van der Waals surface area contributed by atoms with E-state index < -0.39 is 46.5 Å². The molecule has 0 bridgehead atoms. The molecule has 4 aromatic rings. The third-order valence-electron chi connectivity index (χ3n) is 9.29. The largest absolute Gasteiger partial charge is 0.405 e. The van der Waals surface area contributed by atoms with Gasteiger partial charge in [-0.1, -0.05) is 112 Å². The summed E-state index contributed by atoms with van der Waals surface area (Å²) in [6, 6.07) is 31.4. The Morgan fingerprint density at radius 2 is 1.52 bits per heavy atom. The Bertz CT molecular complexity index is 1740. The predicted octanol–water partition coefficient (Wildman–Crippen LogP) is 5.80. The van der Waals surface area contributed by atoms with Gasteiger partial charge in [-0.3, -0.25) is 14.3 Å². The molecule has 254 valence electrons. The van der Waals surface area contributed by atoms with E-state index in [9.17, 15) is 9.59 Å². The van der Waals surface area contributed by atoms with E-state index in [1.54, 1.807) is 13.1 Å². The lowest BCUT2D eigenvalue weighted by molar-refractivity contribution is -0.0398. The van der Waals surface area contributed by atoms with Crippen molar-refractivity contribution in [2.75, 3.05) is 13.2 Å². The summed E-state index contributed by atoms with van der Waals surface area (Å²) in [5, 5.41) is 2.11. The third kappa shape index (κ3) is 6.94. The van der Waals surface area contributed by atoms with Crippen molar-refractivity contribution >= 4 is 27.2 Å². The van der Waals surface area contributed by atoms with Gasteiger partial charge < -0.3 is 18.2 Å². The topological polar surface area (TPSA) is 95.0 Å². The van der Waals surface area contributed by atoms with Crippen LogP contribution in [0.3, 0.4) is 0 Å². The molecule has 3 heterocycles. The number of benzene rings is 3. The second kappa shape index (κ2) is 14.3. The predicted molar refractivity (Wildman–Crippen MR) is 192 cm³/mol. The first-order chi connectivity index (χ1) is 23.0. The van der Waals surface area contributed by atoms with Gasteiger partial charge in [0.05, 0.1) is 12.7 Å². The summed E-state index contributed by atoms with van der Waals surface area (Å²) in [7, 11) is -4.33. The summed E-state index contributed by atoms with van der Waals surface area (Å²) in [6.45, 7) is 13.7. The summed E-state index contributed by atoms with van der Waals surface area (Å²) in [4.78, 5) is 27.7. The fraction of sp³-hybridized carbons (Fsp3) is 0.405. The highest BCUT2D eigenvalue weighted by molar-refractivity contribution is 7.44. The van der Waals surface area contributed by atoms with Crippen molar-refractivity contribution in [1.82, 2.24) is 14.2 Å². The van der Waals surface area contributed by atoms with Crippen molar-refractivity contribution in [2.45, 2.75) is 83.6 Å². The number of H-pyrrole nitrogens is 1. The first-order valence-corrected chi connectivity index (χ1v) is 19.7. The van der Waals surface area contributed by atoms with Crippen LogP contribution in [0.2, 0.25) is 5.04 Å². The van der Waals surface area contributed by atoms with Crippen molar-refractivity contribution in [3.05, 3.63) is 129 Å². The standard InChI is InChI=1S/C37H46N3O6PSi/c1-26(2)40-24-32(28-16-10-7-11-17-28)46-47(40)45-31-22-34(39-23-27(3)35(41)38-36(39)42)44-33(31)25-43-48(37(4,5)6,29-18-12-8-13-19-29)30-20-14-9-15-21-30/h7-21,23,26,31-34H,22,24-25H2,1-6H3,(H,38,41,42)/t31-,32-,33+,34+,47?/m0/s1. The Morgan fingerprint density at radius 1 is 0.938 bits per heavy atom. The summed E-state index contributed by atoms with van der Waals surface area (Å²) in [5.41, 5.74) is 0.622. The maximum atomic E-state index is 13.0. The van der Waals surface area contributed by atoms with Crippen LogP contribution >= 0.6 is 8.53 Å². The van der Waals surface area contributed by atoms with E-state index >= 15 is 0 Å². The van der Waals surface area contributed by atoms with Crippen molar-refractivity contribution in [2.24, 2.45) is 0 Å². The van der Waals surface area contributed by atoms with Crippen LogP contribution in [-0.4, -0.2) is 53.9 Å². The van der Waals surface area contributed by atoms with E-state index in [1.165, 1.54) is 14.9 Å². The number of nitrogens with one attached hydrogen (secondary N) is 1. The molecule has 48 heavy (non-hydrogen) atoms. The highest BCUT2D eigenvalue weighted by atomic mass is 31.2. The number of aromatic amines is 1. The average Bonchev–Trinajstić information content (AvgIpc) is 3.68. The van der Waals surface area contributed by atoms with E-state index in [2.05, 4.69) is 105 Å². The van der Waals surface area contributed by atoms with Gasteiger partial charge in [-0.05, 0) is 41.7 Å². The van der Waals surface area contributed by atoms with Crippen LogP contribution in [-0.2, 0) is 18.2 Å². The second-order valence-corrected chi connectivity index (χ2v) is 19.6. The van der Waals surface area contributed by atoms with Crippen molar-refractivity contribution < 1.29 is 18.2 Å². The van der Waals surface area contributed by atoms with Crippen molar-refractivity contribution in [3.8, 4) is 0 Å². The second-order valence-electron chi connectivity index (χ2n) is 13.9. The van der Waals surface area contributed by atoms with Crippen LogP contribution in [0.1, 0.15) is 64.5 Å². The smallest absolute Gasteiger partial charge is 0.330 e. The lowest BCUT2D eigenvalue weighted by atomic mass is 10.1. The zero-order chi connectivity index (χ0) is 34.1. The minimum Gasteiger partial charge on any atom is -0.405 e. The Balaban J connectivity index is 1.35. The van der Waals surface area contributed by atoms with Crippen molar-refractivity contribution in [1.29, 1.82) is 0 Å². The highest BCUT2D eigenvalue weighted by Gasteiger charge is 2.52. The number of aromatic nitrogens is 2. The van der Waals surface area contributed by atoms with Crippen LogP contribution in [0.5, 0.6) is 0 Å². The molecule has 0 amide bonds. The minimum absolute atomic E-state index is 0.117. The number of hydrogen-bond donors (Lipinski definition) is 1. The van der Waals surface area contributed by atoms with Gasteiger partial charge >= 0.3 is 5.69 Å². The lowest BCUT2D eigenvalue weighted by Gasteiger charge is -2.43. The Hall–Kier alpha value is -3.21. The van der Waals surface area contributed by atoms with E-state index in [1.807, 2.05) is 30.3 Å². The van der Waals surface area contributed by atoms with E-state index in [-0.39, 0.29) is 23.8 Å². The lowest BCUT2D eigenvalue weighted by Crippen LogP contribution is -2.67. The van der Waals surface area contributed by atoms with Gasteiger partial charge in [0.1, 0.15) is 18.4 Å². The van der Waals surface area contributed by atoms with Gasteiger partial charge in [-0.15, -0.1) is 0 Å². The van der Waals surface area contributed by atoms with Gasteiger partial charge in [0.15, 0.2) is 0 Å². The van der Waals surface area contributed by atoms with E-state index in [4.69, 9.17) is 18.2 Å². The molecule has 1 N–H and O–H groups in total. The van der Waals surface area contributed by atoms with Crippen LogP contribution in [0.25, 0.3) is 0 Å². The average molecular weight is 688 g/mol. The molecule has 1 unspecified atom stereocenters. The zero-order valence-corrected chi connectivity index (χ0v) is 30.4. The SMILES string of the molecule is Cc1cn([C@H]2C[C@H](OP3O[C@H](c4ccccc4)CN3C(C)C)[C@@H](CO[Si](c3ccccc3)(c3ccccc3)C(C)(C)C)O2)c(=O)[nH]c1=O. The van der Waals surface area contributed by atoms with Gasteiger partial charge in [0.2, 0.25) is 0 Å². The van der Waals surface area contributed by atoms with Crippen LogP contribution < -0.4 is 21.6 Å². The fourth-order valence-corrected chi connectivity index (χ4v) is 13.2. The van der Waals surface area contributed by atoms with Gasteiger partial charge in [0.25, 0.3) is 22.4 Å². The van der Waals surface area contributed by atoms with Crippen LogP contribution in [0.15, 0.2) is 107 Å². The molecule has 0 spiro atoms. The maximum Gasteiger partial charge on any atom is 0.330 e. The molecule has 2 aliphatic rings. The summed E-state index contributed by atoms with van der Waals surface area (Å²) in [6.07, 6.45) is 0.248. The molecule has 2 aliphatic heterocycles. The quantitative estimate of drug-likeness (QED) is 0.166. The molecule has 3 aromatic carbocycles. The molecule has 6 rings (SSSR count). The number of rotatable bonds is 10. The maximum absolute atomic E-state index is 13.0. The zero-order valence-electron chi connectivity index (χ0n) is 28.5. The molecular formula is C37H46N3O6PSi. The fourth-order valence-electron chi connectivity index (χ4n) is 6.77. The van der Waals surface area contributed by atoms with E-state index in [0.717, 1.165) is 5.56 Å². The third-order valence-corrected chi connectivity index (χ3v) is 16.2. The highest BCUT2D eigenvalue weighted by Crippen LogP contribution is 2.57. The molecule has 1 aromatic heterocycles. The Kier molecular flexibility index (Phi) is 10.3. The number of aryl methyl sites for hydroxylation is 1. The van der Waals surface area contributed by atoms with Crippen LogP contribution in [0.4, 0.5) is 0 Å². The number of hydrogen-bond acceptors (Lipinski definition) is 7.